The Morgan fingerprint density at radius 2 is 2.23 bits per heavy atom. The Labute approximate surface area is 134 Å². The molecule has 22 heavy (non-hydrogen) atoms. The van der Waals surface area contributed by atoms with Gasteiger partial charge in [0.2, 0.25) is 0 Å². The Balaban J connectivity index is 2.17. The molecule has 5 nitrogen and oxygen atoms in total. The minimum Gasteiger partial charge on any atom is -0.395 e. The summed E-state index contributed by atoms with van der Waals surface area (Å²) in [5.41, 5.74) is 4.07. The summed E-state index contributed by atoms with van der Waals surface area (Å²) in [4.78, 5) is 9.32. The molecule has 0 amide bonds. The van der Waals surface area contributed by atoms with Gasteiger partial charge in [0.05, 0.1) is 12.3 Å². The van der Waals surface area contributed by atoms with Gasteiger partial charge in [0.1, 0.15) is 11.6 Å². The van der Waals surface area contributed by atoms with Gasteiger partial charge in [-0.1, -0.05) is 18.5 Å². The predicted octanol–water partition coefficient (Wildman–Crippen LogP) is 2.73. The van der Waals surface area contributed by atoms with Crippen molar-refractivity contribution in [2.24, 2.45) is 0 Å². The number of hydrogen-bond donors (Lipinski definition) is 3. The molecule has 116 valence electrons. The van der Waals surface area contributed by atoms with Crippen molar-refractivity contribution in [1.82, 2.24) is 9.97 Å². The van der Waals surface area contributed by atoms with E-state index in [4.69, 9.17) is 21.7 Å². The fourth-order valence-corrected chi connectivity index (χ4v) is 2.83. The van der Waals surface area contributed by atoms with E-state index < -0.39 is 0 Å². The Morgan fingerprint density at radius 1 is 1.36 bits per heavy atom. The highest BCUT2D eigenvalue weighted by Gasteiger charge is 2.20. The molecule has 0 bridgehead atoms. The molecule has 2 aromatic rings. The van der Waals surface area contributed by atoms with Crippen molar-refractivity contribution in [3.63, 3.8) is 0 Å². The van der Waals surface area contributed by atoms with Crippen molar-refractivity contribution >= 4 is 23.1 Å². The number of aliphatic hydroxyl groups is 1. The van der Waals surface area contributed by atoms with Crippen molar-refractivity contribution < 1.29 is 5.11 Å². The first-order valence-corrected chi connectivity index (χ1v) is 7.89. The SMILES string of the molecule is CCc1nc(NCCO)c2c(n1)-c1ccc(Cl)cc1NCC2. The molecule has 0 radical (unpaired) electrons. The van der Waals surface area contributed by atoms with Gasteiger partial charge in [-0.05, 0) is 24.6 Å². The average Bonchev–Trinajstić information content (AvgIpc) is 2.71. The Hall–Kier alpha value is -1.85. The summed E-state index contributed by atoms with van der Waals surface area (Å²) in [5.74, 6) is 1.61. The van der Waals surface area contributed by atoms with Crippen molar-refractivity contribution in [3.05, 3.63) is 34.6 Å². The van der Waals surface area contributed by atoms with E-state index in [0.717, 1.165) is 53.5 Å². The lowest BCUT2D eigenvalue weighted by Crippen LogP contribution is -2.13. The van der Waals surface area contributed by atoms with E-state index >= 15 is 0 Å². The third-order valence-electron chi connectivity index (χ3n) is 3.70. The van der Waals surface area contributed by atoms with Crippen LogP contribution in [-0.4, -0.2) is 34.8 Å². The van der Waals surface area contributed by atoms with Crippen LogP contribution in [0.25, 0.3) is 11.3 Å². The van der Waals surface area contributed by atoms with E-state index in [1.54, 1.807) is 0 Å². The van der Waals surface area contributed by atoms with E-state index in [2.05, 4.69) is 15.6 Å². The normalized spacial score (nSPS) is 12.9. The Bertz CT molecular complexity index is 690. The van der Waals surface area contributed by atoms with Crippen LogP contribution < -0.4 is 10.6 Å². The number of rotatable bonds is 4. The number of halogens is 1. The first kappa shape index (κ1) is 15.1. The fourth-order valence-electron chi connectivity index (χ4n) is 2.66. The van der Waals surface area contributed by atoms with Crippen LogP contribution in [0.5, 0.6) is 0 Å². The van der Waals surface area contributed by atoms with Crippen LogP contribution in [0.4, 0.5) is 11.5 Å². The number of benzene rings is 1. The van der Waals surface area contributed by atoms with Gasteiger partial charge in [-0.2, -0.15) is 0 Å². The number of nitrogens with one attached hydrogen (secondary N) is 2. The van der Waals surface area contributed by atoms with E-state index in [1.165, 1.54) is 0 Å². The number of hydrogen-bond acceptors (Lipinski definition) is 5. The maximum absolute atomic E-state index is 9.07. The lowest BCUT2D eigenvalue weighted by Gasteiger charge is -2.14. The van der Waals surface area contributed by atoms with Gasteiger partial charge in [0.15, 0.2) is 0 Å². The Morgan fingerprint density at radius 3 is 3.00 bits per heavy atom. The summed E-state index contributed by atoms with van der Waals surface area (Å²) in [5, 5.41) is 16.4. The van der Waals surface area contributed by atoms with Crippen LogP contribution in [0, 0.1) is 0 Å². The number of nitrogens with zero attached hydrogens (tertiary/aromatic N) is 2. The van der Waals surface area contributed by atoms with Gasteiger partial charge >= 0.3 is 0 Å². The molecule has 0 saturated heterocycles. The molecular weight excluding hydrogens is 300 g/mol. The molecule has 0 spiro atoms. The van der Waals surface area contributed by atoms with Crippen LogP contribution in [0.3, 0.4) is 0 Å². The van der Waals surface area contributed by atoms with Crippen LogP contribution in [0.1, 0.15) is 18.3 Å². The zero-order chi connectivity index (χ0) is 15.5. The second-order valence-electron chi connectivity index (χ2n) is 5.19. The quantitative estimate of drug-likeness (QED) is 0.808. The largest absolute Gasteiger partial charge is 0.395 e. The maximum atomic E-state index is 9.07. The maximum Gasteiger partial charge on any atom is 0.133 e. The van der Waals surface area contributed by atoms with Crippen LogP contribution in [-0.2, 0) is 12.8 Å². The van der Waals surface area contributed by atoms with Gasteiger partial charge < -0.3 is 15.7 Å². The zero-order valence-electron chi connectivity index (χ0n) is 12.5. The molecule has 1 aliphatic rings. The summed E-state index contributed by atoms with van der Waals surface area (Å²) in [6.45, 7) is 3.39. The number of aliphatic hydroxyl groups excluding tert-OH is 1. The summed E-state index contributed by atoms with van der Waals surface area (Å²) in [7, 11) is 0. The molecule has 1 aromatic carbocycles. The molecule has 1 aliphatic heterocycles. The summed E-state index contributed by atoms with van der Waals surface area (Å²) in [6, 6.07) is 5.81. The highest BCUT2D eigenvalue weighted by Crippen LogP contribution is 2.36. The second-order valence-corrected chi connectivity index (χ2v) is 5.62. The van der Waals surface area contributed by atoms with Gasteiger partial charge in [-0.15, -0.1) is 0 Å². The van der Waals surface area contributed by atoms with Gasteiger partial charge in [-0.3, -0.25) is 0 Å². The third-order valence-corrected chi connectivity index (χ3v) is 3.94. The topological polar surface area (TPSA) is 70.1 Å². The number of fused-ring (bicyclic) bond motifs is 3. The first-order chi connectivity index (χ1) is 10.7. The van der Waals surface area contributed by atoms with E-state index in [1.807, 2.05) is 25.1 Å². The monoisotopic (exact) mass is 318 g/mol. The fraction of sp³-hybridized carbons (Fsp3) is 0.375. The molecule has 6 heteroatoms. The minimum absolute atomic E-state index is 0.0741. The number of anilines is 2. The first-order valence-electron chi connectivity index (χ1n) is 7.51. The minimum atomic E-state index is 0.0741. The number of aromatic nitrogens is 2. The van der Waals surface area contributed by atoms with Crippen molar-refractivity contribution in [2.45, 2.75) is 19.8 Å². The van der Waals surface area contributed by atoms with E-state index in [-0.39, 0.29) is 6.61 Å². The van der Waals surface area contributed by atoms with Crippen LogP contribution in [0.2, 0.25) is 5.02 Å². The van der Waals surface area contributed by atoms with E-state index in [9.17, 15) is 0 Å². The summed E-state index contributed by atoms with van der Waals surface area (Å²) >= 11 is 6.10. The van der Waals surface area contributed by atoms with Gasteiger partial charge in [0, 0.05) is 41.3 Å². The third kappa shape index (κ3) is 2.87. The van der Waals surface area contributed by atoms with Crippen LogP contribution >= 0.6 is 11.6 Å². The Kier molecular flexibility index (Phi) is 4.45. The molecule has 1 aromatic heterocycles. The molecule has 0 unspecified atom stereocenters. The standard InChI is InChI=1S/C16H19ClN4O/c1-2-14-20-15-11-4-3-10(17)9-13(11)18-6-5-12(15)16(21-14)19-7-8-22/h3-4,9,18,22H,2,5-8H2,1H3,(H,19,20,21). The highest BCUT2D eigenvalue weighted by molar-refractivity contribution is 6.31. The highest BCUT2D eigenvalue weighted by atomic mass is 35.5. The molecule has 0 fully saturated rings. The molecular formula is C16H19ClN4O. The molecule has 3 rings (SSSR count). The molecule has 2 heterocycles. The lowest BCUT2D eigenvalue weighted by atomic mass is 10.0. The van der Waals surface area contributed by atoms with Crippen molar-refractivity contribution in [1.29, 1.82) is 0 Å². The molecule has 0 aliphatic carbocycles. The van der Waals surface area contributed by atoms with Crippen molar-refractivity contribution in [2.75, 3.05) is 30.3 Å². The number of aryl methyl sites for hydroxylation is 1. The predicted molar refractivity (Wildman–Crippen MR) is 89.6 cm³/mol. The van der Waals surface area contributed by atoms with Crippen molar-refractivity contribution in [3.8, 4) is 11.3 Å². The lowest BCUT2D eigenvalue weighted by molar-refractivity contribution is 0.311. The van der Waals surface area contributed by atoms with Crippen LogP contribution in [0.15, 0.2) is 18.2 Å². The molecule has 3 N–H and O–H groups in total. The molecule has 0 saturated carbocycles. The summed E-state index contributed by atoms with van der Waals surface area (Å²) in [6.07, 6.45) is 1.58. The molecule has 0 atom stereocenters. The average molecular weight is 319 g/mol. The smallest absolute Gasteiger partial charge is 0.133 e. The zero-order valence-corrected chi connectivity index (χ0v) is 13.2. The van der Waals surface area contributed by atoms with E-state index in [0.29, 0.717) is 11.6 Å². The van der Waals surface area contributed by atoms with Gasteiger partial charge in [-0.25, -0.2) is 9.97 Å². The second kappa shape index (κ2) is 6.50. The summed E-state index contributed by atoms with van der Waals surface area (Å²) < 4.78 is 0. The van der Waals surface area contributed by atoms with Gasteiger partial charge in [0.25, 0.3) is 0 Å².